The third-order valence-corrected chi connectivity index (χ3v) is 5.77. The zero-order valence-electron chi connectivity index (χ0n) is 16.4. The highest BCUT2D eigenvalue weighted by Gasteiger charge is 2.23. The maximum Gasteiger partial charge on any atom is 0.227 e. The highest BCUT2D eigenvalue weighted by atomic mass is 16.2. The lowest BCUT2D eigenvalue weighted by molar-refractivity contribution is -0.130. The van der Waals surface area contributed by atoms with Crippen LogP contribution in [0.4, 0.5) is 11.4 Å². The molecule has 28 heavy (non-hydrogen) atoms. The van der Waals surface area contributed by atoms with Crippen LogP contribution < -0.4 is 9.80 Å². The Morgan fingerprint density at radius 1 is 0.929 bits per heavy atom. The number of aryl methyl sites for hydroxylation is 1. The lowest BCUT2D eigenvalue weighted by Crippen LogP contribution is -2.49. The van der Waals surface area contributed by atoms with Crippen LogP contribution in [-0.4, -0.2) is 49.4 Å². The van der Waals surface area contributed by atoms with Gasteiger partial charge in [-0.3, -0.25) is 9.59 Å². The van der Waals surface area contributed by atoms with Crippen LogP contribution in [-0.2, 0) is 16.0 Å². The molecule has 2 amide bonds. The van der Waals surface area contributed by atoms with Crippen LogP contribution in [0.2, 0.25) is 0 Å². The molecule has 2 fully saturated rings. The standard InChI is InChI=1S/C23H27N3O2/c1-18-5-2-3-6-21(18)24-13-15-25(16-14-24)23(28)17-19-8-10-20(11-9-19)26-12-4-7-22(26)27/h2-3,5-6,8-11H,4,7,12-17H2,1H3. The molecule has 0 N–H and O–H groups in total. The first-order valence-corrected chi connectivity index (χ1v) is 10.1. The van der Waals surface area contributed by atoms with E-state index in [0.29, 0.717) is 12.8 Å². The Balaban J connectivity index is 1.32. The molecule has 0 aliphatic carbocycles. The van der Waals surface area contributed by atoms with Crippen molar-refractivity contribution >= 4 is 23.2 Å². The number of hydrogen-bond acceptors (Lipinski definition) is 3. The molecule has 2 aliphatic heterocycles. The van der Waals surface area contributed by atoms with Gasteiger partial charge in [-0.1, -0.05) is 30.3 Å². The molecular formula is C23H27N3O2. The van der Waals surface area contributed by atoms with Crippen LogP contribution in [0.25, 0.3) is 0 Å². The van der Waals surface area contributed by atoms with Crippen molar-refractivity contribution in [2.24, 2.45) is 0 Å². The van der Waals surface area contributed by atoms with Crippen LogP contribution >= 0.6 is 0 Å². The van der Waals surface area contributed by atoms with E-state index in [4.69, 9.17) is 0 Å². The van der Waals surface area contributed by atoms with E-state index in [-0.39, 0.29) is 11.8 Å². The van der Waals surface area contributed by atoms with E-state index in [1.807, 2.05) is 34.1 Å². The number of nitrogens with zero attached hydrogens (tertiary/aromatic N) is 3. The fourth-order valence-electron chi connectivity index (χ4n) is 4.12. The minimum absolute atomic E-state index is 0.175. The van der Waals surface area contributed by atoms with Gasteiger partial charge in [-0.2, -0.15) is 0 Å². The van der Waals surface area contributed by atoms with Gasteiger partial charge in [0.2, 0.25) is 11.8 Å². The van der Waals surface area contributed by atoms with Crippen LogP contribution in [0.15, 0.2) is 48.5 Å². The van der Waals surface area contributed by atoms with Crippen molar-refractivity contribution in [3.8, 4) is 0 Å². The van der Waals surface area contributed by atoms with Crippen LogP contribution in [0.5, 0.6) is 0 Å². The first-order valence-electron chi connectivity index (χ1n) is 10.1. The molecule has 5 heteroatoms. The van der Waals surface area contributed by atoms with Crippen molar-refractivity contribution in [1.29, 1.82) is 0 Å². The second-order valence-corrected chi connectivity index (χ2v) is 7.65. The average molecular weight is 377 g/mol. The quantitative estimate of drug-likeness (QED) is 0.823. The molecule has 146 valence electrons. The van der Waals surface area contributed by atoms with Gasteiger partial charge in [0.15, 0.2) is 0 Å². The van der Waals surface area contributed by atoms with E-state index in [1.165, 1.54) is 11.3 Å². The van der Waals surface area contributed by atoms with E-state index in [0.717, 1.165) is 50.4 Å². The van der Waals surface area contributed by atoms with Gasteiger partial charge in [0.25, 0.3) is 0 Å². The van der Waals surface area contributed by atoms with Crippen molar-refractivity contribution in [1.82, 2.24) is 4.90 Å². The van der Waals surface area contributed by atoms with Crippen LogP contribution in [0, 0.1) is 6.92 Å². The number of hydrogen-bond donors (Lipinski definition) is 0. The van der Waals surface area contributed by atoms with Crippen molar-refractivity contribution in [3.05, 3.63) is 59.7 Å². The fourth-order valence-corrected chi connectivity index (χ4v) is 4.12. The van der Waals surface area contributed by atoms with Crippen LogP contribution in [0.3, 0.4) is 0 Å². The van der Waals surface area contributed by atoms with Crippen LogP contribution in [0.1, 0.15) is 24.0 Å². The van der Waals surface area contributed by atoms with E-state index in [9.17, 15) is 9.59 Å². The lowest BCUT2D eigenvalue weighted by Gasteiger charge is -2.37. The number of para-hydroxylation sites is 1. The van der Waals surface area contributed by atoms with Gasteiger partial charge in [0.1, 0.15) is 0 Å². The van der Waals surface area contributed by atoms with Gasteiger partial charge in [-0.25, -0.2) is 0 Å². The van der Waals surface area contributed by atoms with Crippen molar-refractivity contribution in [2.75, 3.05) is 42.5 Å². The Morgan fingerprint density at radius 2 is 1.64 bits per heavy atom. The SMILES string of the molecule is Cc1ccccc1N1CCN(C(=O)Cc2ccc(N3CCCC3=O)cc2)CC1. The number of rotatable bonds is 4. The molecule has 2 saturated heterocycles. The summed E-state index contributed by atoms with van der Waals surface area (Å²) in [4.78, 5) is 30.7. The smallest absolute Gasteiger partial charge is 0.227 e. The van der Waals surface area contributed by atoms with Gasteiger partial charge >= 0.3 is 0 Å². The molecule has 0 aromatic heterocycles. The molecule has 2 aromatic rings. The second kappa shape index (κ2) is 8.05. The molecular weight excluding hydrogens is 350 g/mol. The van der Waals surface area contributed by atoms with Gasteiger partial charge in [-0.15, -0.1) is 0 Å². The highest BCUT2D eigenvalue weighted by molar-refractivity contribution is 5.95. The highest BCUT2D eigenvalue weighted by Crippen LogP contribution is 2.23. The summed E-state index contributed by atoms with van der Waals surface area (Å²) in [6.45, 7) is 6.18. The Labute approximate surface area is 166 Å². The maximum absolute atomic E-state index is 12.7. The summed E-state index contributed by atoms with van der Waals surface area (Å²) in [7, 11) is 0. The zero-order valence-corrected chi connectivity index (χ0v) is 16.4. The van der Waals surface area contributed by atoms with Gasteiger partial charge < -0.3 is 14.7 Å². The van der Waals surface area contributed by atoms with Gasteiger partial charge in [0.05, 0.1) is 6.42 Å². The summed E-state index contributed by atoms with van der Waals surface area (Å²) >= 11 is 0. The van der Waals surface area contributed by atoms with Crippen molar-refractivity contribution in [3.63, 3.8) is 0 Å². The Bertz CT molecular complexity index is 854. The van der Waals surface area contributed by atoms with E-state index < -0.39 is 0 Å². The Kier molecular flexibility index (Phi) is 5.33. The third kappa shape index (κ3) is 3.88. The van der Waals surface area contributed by atoms with Gasteiger partial charge in [0, 0.05) is 50.5 Å². The van der Waals surface area contributed by atoms with Crippen molar-refractivity contribution in [2.45, 2.75) is 26.2 Å². The second-order valence-electron chi connectivity index (χ2n) is 7.65. The minimum atomic E-state index is 0.175. The predicted octanol–water partition coefficient (Wildman–Crippen LogP) is 3.01. The summed E-state index contributed by atoms with van der Waals surface area (Å²) in [5, 5.41) is 0. The first kappa shape index (κ1) is 18.5. The van der Waals surface area contributed by atoms with E-state index in [2.05, 4.69) is 36.1 Å². The van der Waals surface area contributed by atoms with E-state index in [1.54, 1.807) is 0 Å². The molecule has 2 aromatic carbocycles. The van der Waals surface area contributed by atoms with E-state index >= 15 is 0 Å². The summed E-state index contributed by atoms with van der Waals surface area (Å²) in [5.41, 5.74) is 4.48. The molecule has 0 unspecified atom stereocenters. The summed E-state index contributed by atoms with van der Waals surface area (Å²) in [5.74, 6) is 0.366. The molecule has 0 atom stereocenters. The number of amides is 2. The average Bonchev–Trinajstić information content (AvgIpc) is 3.15. The predicted molar refractivity (Wildman–Crippen MR) is 112 cm³/mol. The molecule has 2 aliphatic rings. The molecule has 0 bridgehead atoms. The number of anilines is 2. The lowest BCUT2D eigenvalue weighted by atomic mass is 10.1. The Morgan fingerprint density at radius 3 is 2.29 bits per heavy atom. The van der Waals surface area contributed by atoms with Gasteiger partial charge in [-0.05, 0) is 42.7 Å². The molecule has 2 heterocycles. The molecule has 5 nitrogen and oxygen atoms in total. The largest absolute Gasteiger partial charge is 0.368 e. The minimum Gasteiger partial charge on any atom is -0.368 e. The summed E-state index contributed by atoms with van der Waals surface area (Å²) in [6, 6.07) is 16.3. The summed E-state index contributed by atoms with van der Waals surface area (Å²) in [6.07, 6.45) is 1.97. The maximum atomic E-state index is 12.7. The number of piperazine rings is 1. The molecule has 0 radical (unpaired) electrons. The topological polar surface area (TPSA) is 43.9 Å². The Hall–Kier alpha value is -2.82. The fraction of sp³-hybridized carbons (Fsp3) is 0.391. The first-order chi connectivity index (χ1) is 13.6. The zero-order chi connectivity index (χ0) is 19.5. The molecule has 0 saturated carbocycles. The number of carbonyl (C=O) groups excluding carboxylic acids is 2. The summed E-state index contributed by atoms with van der Waals surface area (Å²) < 4.78 is 0. The monoisotopic (exact) mass is 377 g/mol. The van der Waals surface area contributed by atoms with Crippen molar-refractivity contribution < 1.29 is 9.59 Å². The third-order valence-electron chi connectivity index (χ3n) is 5.77. The number of benzene rings is 2. The number of carbonyl (C=O) groups is 2. The molecule has 4 rings (SSSR count). The molecule has 0 spiro atoms. The normalized spacial score (nSPS) is 17.3.